The van der Waals surface area contributed by atoms with Gasteiger partial charge in [0.25, 0.3) is 0 Å². The maximum atomic E-state index is 13.1. The van der Waals surface area contributed by atoms with Gasteiger partial charge in [-0.3, -0.25) is 9.59 Å². The summed E-state index contributed by atoms with van der Waals surface area (Å²) in [4.78, 5) is 26.0. The SMILES string of the molecule is CCCCCCCC/C=C\CCCC(CC(=O)NC(CO)C(O)CCCCCCCCCCCC)OC(=O)CCCCCCC/C=C/CCCCCCCCC. The van der Waals surface area contributed by atoms with Crippen molar-refractivity contribution >= 4 is 11.9 Å². The molecular formula is C50H95NO5. The van der Waals surface area contributed by atoms with E-state index in [0.29, 0.717) is 19.3 Å². The molecule has 0 bridgehead atoms. The van der Waals surface area contributed by atoms with Crippen molar-refractivity contribution in [1.29, 1.82) is 0 Å². The molecule has 0 aromatic carbocycles. The molecule has 0 saturated carbocycles. The standard InChI is InChI=1S/C50H95NO5/c1-4-7-10-13-16-19-22-23-24-25-26-28-31-34-37-40-43-50(55)56-46(41-38-35-32-29-27-20-17-14-11-8-5-2)44-49(54)51-47(45-52)48(53)42-39-36-33-30-21-18-15-12-9-6-3/h24-25,29,32,46-48,52-53H,4-23,26-28,30-31,33-45H2,1-3H3,(H,51,54)/b25-24+,32-29-. The number of hydrogen-bond donors (Lipinski definition) is 3. The zero-order chi connectivity index (χ0) is 41.0. The van der Waals surface area contributed by atoms with Gasteiger partial charge in [0, 0.05) is 6.42 Å². The van der Waals surface area contributed by atoms with Crippen molar-refractivity contribution in [3.63, 3.8) is 0 Å². The third-order valence-corrected chi connectivity index (χ3v) is 11.3. The van der Waals surface area contributed by atoms with Crippen LogP contribution in [0.5, 0.6) is 0 Å². The third-order valence-electron chi connectivity index (χ3n) is 11.3. The molecule has 56 heavy (non-hydrogen) atoms. The van der Waals surface area contributed by atoms with Crippen molar-refractivity contribution in [2.75, 3.05) is 6.61 Å². The van der Waals surface area contributed by atoms with Crippen molar-refractivity contribution in [2.24, 2.45) is 0 Å². The fourth-order valence-corrected chi connectivity index (χ4v) is 7.48. The fraction of sp³-hybridized carbons (Fsp3) is 0.880. The summed E-state index contributed by atoms with van der Waals surface area (Å²) in [5.41, 5.74) is 0. The lowest BCUT2D eigenvalue weighted by Gasteiger charge is -2.24. The van der Waals surface area contributed by atoms with Crippen LogP contribution in [0.1, 0.15) is 258 Å². The molecule has 330 valence electrons. The normalized spacial score (nSPS) is 13.4. The number of unbranched alkanes of at least 4 members (excludes halogenated alkanes) is 28. The molecule has 0 radical (unpaired) electrons. The minimum Gasteiger partial charge on any atom is -0.462 e. The average Bonchev–Trinajstić information content (AvgIpc) is 3.19. The van der Waals surface area contributed by atoms with E-state index in [4.69, 9.17) is 4.74 Å². The van der Waals surface area contributed by atoms with E-state index in [9.17, 15) is 19.8 Å². The molecule has 0 saturated heterocycles. The Hall–Kier alpha value is -1.66. The first kappa shape index (κ1) is 54.3. The number of aliphatic hydroxyl groups is 2. The molecule has 0 aromatic heterocycles. The van der Waals surface area contributed by atoms with E-state index in [2.05, 4.69) is 50.4 Å². The molecule has 0 heterocycles. The van der Waals surface area contributed by atoms with Crippen LogP contribution in [-0.4, -0.2) is 46.9 Å². The Morgan fingerprint density at radius 3 is 1.30 bits per heavy atom. The van der Waals surface area contributed by atoms with Gasteiger partial charge in [0.05, 0.1) is 25.2 Å². The summed E-state index contributed by atoms with van der Waals surface area (Å²) >= 11 is 0. The lowest BCUT2D eigenvalue weighted by Crippen LogP contribution is -2.46. The number of carbonyl (C=O) groups is 2. The quantitative estimate of drug-likeness (QED) is 0.0324. The van der Waals surface area contributed by atoms with Crippen LogP contribution in [0.25, 0.3) is 0 Å². The number of esters is 1. The molecule has 0 fully saturated rings. The Kier molecular flexibility index (Phi) is 43.1. The van der Waals surface area contributed by atoms with E-state index in [-0.39, 0.29) is 24.9 Å². The van der Waals surface area contributed by atoms with Crippen LogP contribution in [-0.2, 0) is 14.3 Å². The van der Waals surface area contributed by atoms with Crippen molar-refractivity contribution in [3.05, 3.63) is 24.3 Å². The second-order valence-corrected chi connectivity index (χ2v) is 16.9. The van der Waals surface area contributed by atoms with Crippen LogP contribution in [0.4, 0.5) is 0 Å². The molecular weight excluding hydrogens is 695 g/mol. The third kappa shape index (κ3) is 39.2. The number of allylic oxidation sites excluding steroid dienone is 4. The zero-order valence-corrected chi connectivity index (χ0v) is 37.5. The highest BCUT2D eigenvalue weighted by atomic mass is 16.5. The van der Waals surface area contributed by atoms with E-state index < -0.39 is 18.2 Å². The molecule has 6 heteroatoms. The van der Waals surface area contributed by atoms with Gasteiger partial charge < -0.3 is 20.3 Å². The second kappa shape index (κ2) is 44.4. The number of ether oxygens (including phenoxy) is 1. The van der Waals surface area contributed by atoms with E-state index >= 15 is 0 Å². The van der Waals surface area contributed by atoms with Crippen LogP contribution in [0.15, 0.2) is 24.3 Å². The van der Waals surface area contributed by atoms with Crippen LogP contribution < -0.4 is 5.32 Å². The van der Waals surface area contributed by atoms with Gasteiger partial charge in [0.15, 0.2) is 0 Å². The summed E-state index contributed by atoms with van der Waals surface area (Å²) in [7, 11) is 0. The first-order chi connectivity index (χ1) is 27.5. The summed E-state index contributed by atoms with van der Waals surface area (Å²) in [5.74, 6) is -0.506. The molecule has 6 nitrogen and oxygen atoms in total. The highest BCUT2D eigenvalue weighted by molar-refractivity contribution is 5.77. The molecule has 0 spiro atoms. The Morgan fingerprint density at radius 1 is 0.500 bits per heavy atom. The van der Waals surface area contributed by atoms with E-state index in [0.717, 1.165) is 64.2 Å². The van der Waals surface area contributed by atoms with Gasteiger partial charge in [0.2, 0.25) is 5.91 Å². The van der Waals surface area contributed by atoms with E-state index in [1.807, 2.05) is 0 Å². The van der Waals surface area contributed by atoms with Gasteiger partial charge in [0.1, 0.15) is 6.10 Å². The number of carbonyl (C=O) groups excluding carboxylic acids is 2. The Bertz CT molecular complexity index is 889. The van der Waals surface area contributed by atoms with Crippen LogP contribution in [0, 0.1) is 0 Å². The van der Waals surface area contributed by atoms with Gasteiger partial charge in [-0.15, -0.1) is 0 Å². The smallest absolute Gasteiger partial charge is 0.306 e. The summed E-state index contributed by atoms with van der Waals surface area (Å²) in [6.07, 6.45) is 49.6. The predicted molar refractivity (Wildman–Crippen MR) is 241 cm³/mol. The molecule has 0 rings (SSSR count). The van der Waals surface area contributed by atoms with Gasteiger partial charge in [-0.2, -0.15) is 0 Å². The highest BCUT2D eigenvalue weighted by Crippen LogP contribution is 2.17. The number of rotatable bonds is 44. The van der Waals surface area contributed by atoms with Crippen LogP contribution >= 0.6 is 0 Å². The molecule has 1 amide bonds. The van der Waals surface area contributed by atoms with Gasteiger partial charge in [-0.1, -0.05) is 199 Å². The van der Waals surface area contributed by atoms with E-state index in [1.54, 1.807) is 0 Å². The van der Waals surface area contributed by atoms with Crippen LogP contribution in [0.2, 0.25) is 0 Å². The number of aliphatic hydroxyl groups excluding tert-OH is 2. The van der Waals surface area contributed by atoms with Crippen molar-refractivity contribution < 1.29 is 24.5 Å². The number of nitrogens with one attached hydrogen (secondary N) is 1. The first-order valence-corrected chi connectivity index (χ1v) is 24.6. The molecule has 0 aromatic rings. The maximum absolute atomic E-state index is 13.1. The van der Waals surface area contributed by atoms with Crippen molar-refractivity contribution in [1.82, 2.24) is 5.32 Å². The predicted octanol–water partition coefficient (Wildman–Crippen LogP) is 14.3. The average molecular weight is 790 g/mol. The van der Waals surface area contributed by atoms with Crippen molar-refractivity contribution in [2.45, 2.75) is 277 Å². The lowest BCUT2D eigenvalue weighted by atomic mass is 10.0. The second-order valence-electron chi connectivity index (χ2n) is 16.9. The summed E-state index contributed by atoms with van der Waals surface area (Å²) in [6, 6.07) is -0.706. The Balaban J connectivity index is 4.56. The minimum atomic E-state index is -0.790. The fourth-order valence-electron chi connectivity index (χ4n) is 7.48. The van der Waals surface area contributed by atoms with Crippen LogP contribution in [0.3, 0.4) is 0 Å². The monoisotopic (exact) mass is 790 g/mol. The molecule has 3 unspecified atom stereocenters. The number of amides is 1. The largest absolute Gasteiger partial charge is 0.462 e. The van der Waals surface area contributed by atoms with Gasteiger partial charge in [-0.05, 0) is 70.6 Å². The molecule has 3 N–H and O–H groups in total. The molecule has 3 atom stereocenters. The summed E-state index contributed by atoms with van der Waals surface area (Å²) in [5, 5.41) is 23.6. The summed E-state index contributed by atoms with van der Waals surface area (Å²) < 4.78 is 5.89. The van der Waals surface area contributed by atoms with Crippen molar-refractivity contribution in [3.8, 4) is 0 Å². The highest BCUT2D eigenvalue weighted by Gasteiger charge is 2.24. The maximum Gasteiger partial charge on any atom is 0.306 e. The zero-order valence-electron chi connectivity index (χ0n) is 37.5. The first-order valence-electron chi connectivity index (χ1n) is 24.6. The molecule has 0 aliphatic carbocycles. The molecule has 0 aliphatic rings. The topological polar surface area (TPSA) is 95.9 Å². The Morgan fingerprint density at radius 2 is 0.875 bits per heavy atom. The number of hydrogen-bond acceptors (Lipinski definition) is 5. The summed E-state index contributed by atoms with van der Waals surface area (Å²) in [6.45, 7) is 6.45. The Labute approximate surface area is 348 Å². The minimum absolute atomic E-state index is 0.0567. The lowest BCUT2D eigenvalue weighted by molar-refractivity contribution is -0.151. The van der Waals surface area contributed by atoms with E-state index in [1.165, 1.54) is 148 Å². The van der Waals surface area contributed by atoms with Gasteiger partial charge in [-0.25, -0.2) is 0 Å². The molecule has 0 aliphatic heterocycles. The van der Waals surface area contributed by atoms with Gasteiger partial charge >= 0.3 is 5.97 Å².